The molecule has 21 heavy (non-hydrogen) atoms. The highest BCUT2D eigenvalue weighted by atomic mass is 32.1. The van der Waals surface area contributed by atoms with Crippen molar-refractivity contribution in [3.63, 3.8) is 0 Å². The zero-order valence-corrected chi connectivity index (χ0v) is 13.3. The van der Waals surface area contributed by atoms with Crippen LogP contribution >= 0.6 is 11.3 Å². The topological polar surface area (TPSA) is 54.9 Å². The summed E-state index contributed by atoms with van der Waals surface area (Å²) < 4.78 is 0. The summed E-state index contributed by atoms with van der Waals surface area (Å²) >= 11 is 1.57. The van der Waals surface area contributed by atoms with E-state index in [1.807, 2.05) is 23.6 Å². The fraction of sp³-hybridized carbons (Fsp3) is 0.438. The van der Waals surface area contributed by atoms with E-state index in [4.69, 9.17) is 0 Å². The summed E-state index contributed by atoms with van der Waals surface area (Å²) in [7, 11) is 0. The van der Waals surface area contributed by atoms with Crippen molar-refractivity contribution < 1.29 is 4.79 Å². The van der Waals surface area contributed by atoms with Crippen molar-refractivity contribution in [1.82, 2.24) is 15.3 Å². The Morgan fingerprint density at radius 3 is 2.95 bits per heavy atom. The van der Waals surface area contributed by atoms with E-state index in [1.165, 1.54) is 0 Å². The minimum atomic E-state index is 0.100. The van der Waals surface area contributed by atoms with Crippen LogP contribution in [-0.4, -0.2) is 22.4 Å². The third-order valence-corrected chi connectivity index (χ3v) is 4.00. The van der Waals surface area contributed by atoms with Crippen LogP contribution in [0.4, 0.5) is 0 Å². The van der Waals surface area contributed by atoms with Gasteiger partial charge in [0.15, 0.2) is 0 Å². The number of hydrogen-bond donors (Lipinski definition) is 1. The quantitative estimate of drug-likeness (QED) is 0.854. The largest absolute Gasteiger partial charge is 0.356 e. The van der Waals surface area contributed by atoms with Gasteiger partial charge >= 0.3 is 0 Å². The molecule has 2 aromatic heterocycles. The van der Waals surface area contributed by atoms with Gasteiger partial charge in [-0.25, -0.2) is 4.98 Å². The standard InChI is InChI=1S/C16H21N3OS/c1-12(2)8-10-18-15(20)7-6-13-11-21-16(19-13)14-5-3-4-9-17-14/h3-5,9,11-12H,6-8,10H2,1-2H3,(H,18,20). The van der Waals surface area contributed by atoms with E-state index >= 15 is 0 Å². The van der Waals surface area contributed by atoms with E-state index < -0.39 is 0 Å². The monoisotopic (exact) mass is 303 g/mol. The molecule has 0 atom stereocenters. The van der Waals surface area contributed by atoms with E-state index in [2.05, 4.69) is 29.1 Å². The molecule has 2 rings (SSSR count). The number of hydrogen-bond acceptors (Lipinski definition) is 4. The Labute approximate surface area is 129 Å². The molecule has 0 aliphatic rings. The van der Waals surface area contributed by atoms with Gasteiger partial charge in [0, 0.05) is 24.5 Å². The Kier molecular flexibility index (Phi) is 5.87. The maximum Gasteiger partial charge on any atom is 0.220 e. The number of carbonyl (C=O) groups excluding carboxylic acids is 1. The van der Waals surface area contributed by atoms with Gasteiger partial charge in [-0.3, -0.25) is 9.78 Å². The van der Waals surface area contributed by atoms with Gasteiger partial charge < -0.3 is 5.32 Å². The second-order valence-electron chi connectivity index (χ2n) is 5.39. The number of aromatic nitrogens is 2. The van der Waals surface area contributed by atoms with E-state index in [0.717, 1.165) is 29.4 Å². The van der Waals surface area contributed by atoms with Crippen LogP contribution in [0.15, 0.2) is 29.8 Å². The molecular weight excluding hydrogens is 282 g/mol. The summed E-state index contributed by atoms with van der Waals surface area (Å²) in [4.78, 5) is 20.5. The van der Waals surface area contributed by atoms with Gasteiger partial charge in [0.2, 0.25) is 5.91 Å². The number of amides is 1. The number of aryl methyl sites for hydroxylation is 1. The summed E-state index contributed by atoms with van der Waals surface area (Å²) in [6.45, 7) is 5.06. The minimum Gasteiger partial charge on any atom is -0.356 e. The molecular formula is C16H21N3OS. The molecule has 0 saturated carbocycles. The van der Waals surface area contributed by atoms with Crippen LogP contribution in [-0.2, 0) is 11.2 Å². The molecule has 1 amide bonds. The molecule has 0 aliphatic heterocycles. The molecule has 0 bridgehead atoms. The Bertz CT molecular complexity index is 566. The van der Waals surface area contributed by atoms with Gasteiger partial charge in [-0.2, -0.15) is 0 Å². The van der Waals surface area contributed by atoms with Crippen molar-refractivity contribution in [2.24, 2.45) is 5.92 Å². The summed E-state index contributed by atoms with van der Waals surface area (Å²) in [6.07, 6.45) is 3.95. The van der Waals surface area contributed by atoms with Crippen molar-refractivity contribution in [1.29, 1.82) is 0 Å². The number of thiazole rings is 1. The molecule has 0 aromatic carbocycles. The van der Waals surface area contributed by atoms with Crippen LogP contribution in [0, 0.1) is 5.92 Å². The predicted octanol–water partition coefficient (Wildman–Crippen LogP) is 3.30. The van der Waals surface area contributed by atoms with E-state index in [9.17, 15) is 4.79 Å². The zero-order valence-electron chi connectivity index (χ0n) is 12.5. The van der Waals surface area contributed by atoms with E-state index in [0.29, 0.717) is 18.8 Å². The van der Waals surface area contributed by atoms with Gasteiger partial charge in [-0.05, 0) is 30.9 Å². The molecule has 0 radical (unpaired) electrons. The predicted molar refractivity (Wildman–Crippen MR) is 86.1 cm³/mol. The average Bonchev–Trinajstić information content (AvgIpc) is 2.94. The van der Waals surface area contributed by atoms with Crippen molar-refractivity contribution in [3.05, 3.63) is 35.5 Å². The Morgan fingerprint density at radius 1 is 1.38 bits per heavy atom. The van der Waals surface area contributed by atoms with Crippen LogP contribution in [0.25, 0.3) is 10.7 Å². The lowest BCUT2D eigenvalue weighted by Crippen LogP contribution is -2.25. The first-order valence-electron chi connectivity index (χ1n) is 7.27. The second kappa shape index (κ2) is 7.88. The van der Waals surface area contributed by atoms with Gasteiger partial charge in [0.1, 0.15) is 5.01 Å². The molecule has 1 N–H and O–H groups in total. The van der Waals surface area contributed by atoms with Gasteiger partial charge in [0.25, 0.3) is 0 Å². The fourth-order valence-electron chi connectivity index (χ4n) is 1.86. The van der Waals surface area contributed by atoms with E-state index in [1.54, 1.807) is 17.5 Å². The SMILES string of the molecule is CC(C)CCNC(=O)CCc1csc(-c2ccccn2)n1. The van der Waals surface area contributed by atoms with Crippen molar-refractivity contribution in [3.8, 4) is 10.7 Å². The van der Waals surface area contributed by atoms with E-state index in [-0.39, 0.29) is 5.91 Å². The van der Waals surface area contributed by atoms with Crippen LogP contribution < -0.4 is 5.32 Å². The van der Waals surface area contributed by atoms with Crippen molar-refractivity contribution in [2.75, 3.05) is 6.54 Å². The smallest absolute Gasteiger partial charge is 0.220 e. The van der Waals surface area contributed by atoms with Crippen molar-refractivity contribution in [2.45, 2.75) is 33.1 Å². The normalized spacial score (nSPS) is 10.8. The fourth-order valence-corrected chi connectivity index (χ4v) is 2.69. The molecule has 0 saturated heterocycles. The Balaban J connectivity index is 1.79. The lowest BCUT2D eigenvalue weighted by molar-refractivity contribution is -0.121. The number of nitrogens with one attached hydrogen (secondary N) is 1. The Morgan fingerprint density at radius 2 is 2.24 bits per heavy atom. The highest BCUT2D eigenvalue weighted by molar-refractivity contribution is 7.13. The summed E-state index contributed by atoms with van der Waals surface area (Å²) in [6, 6.07) is 5.78. The maximum absolute atomic E-state index is 11.7. The molecule has 2 heterocycles. The van der Waals surface area contributed by atoms with Gasteiger partial charge in [-0.15, -0.1) is 11.3 Å². The molecule has 5 heteroatoms. The lowest BCUT2D eigenvalue weighted by atomic mass is 10.1. The highest BCUT2D eigenvalue weighted by Gasteiger charge is 2.08. The summed E-state index contributed by atoms with van der Waals surface area (Å²) in [5, 5.41) is 5.86. The average molecular weight is 303 g/mol. The third-order valence-electron chi connectivity index (χ3n) is 3.09. The minimum absolute atomic E-state index is 0.100. The third kappa shape index (κ3) is 5.27. The molecule has 0 spiro atoms. The molecule has 0 fully saturated rings. The number of pyridine rings is 1. The van der Waals surface area contributed by atoms with Crippen molar-refractivity contribution >= 4 is 17.2 Å². The number of rotatable bonds is 7. The molecule has 0 unspecified atom stereocenters. The van der Waals surface area contributed by atoms with Gasteiger partial charge in [0.05, 0.1) is 11.4 Å². The second-order valence-corrected chi connectivity index (χ2v) is 6.25. The maximum atomic E-state index is 11.7. The van der Waals surface area contributed by atoms with Crippen LogP contribution in [0.3, 0.4) is 0 Å². The molecule has 0 aliphatic carbocycles. The molecule has 4 nitrogen and oxygen atoms in total. The number of carbonyl (C=O) groups is 1. The van der Waals surface area contributed by atoms with Crippen LogP contribution in [0.1, 0.15) is 32.4 Å². The Hall–Kier alpha value is -1.75. The molecule has 2 aromatic rings. The lowest BCUT2D eigenvalue weighted by Gasteiger charge is -2.06. The van der Waals surface area contributed by atoms with Crippen LogP contribution in [0.2, 0.25) is 0 Å². The molecule has 112 valence electrons. The first-order chi connectivity index (χ1) is 10.1. The first-order valence-corrected chi connectivity index (χ1v) is 8.15. The summed E-state index contributed by atoms with van der Waals surface area (Å²) in [5.74, 6) is 0.716. The van der Waals surface area contributed by atoms with Crippen LogP contribution in [0.5, 0.6) is 0 Å². The summed E-state index contributed by atoms with van der Waals surface area (Å²) in [5.41, 5.74) is 1.84. The van der Waals surface area contributed by atoms with Gasteiger partial charge in [-0.1, -0.05) is 19.9 Å². The highest BCUT2D eigenvalue weighted by Crippen LogP contribution is 2.21. The number of nitrogens with zero attached hydrogens (tertiary/aromatic N) is 2. The zero-order chi connectivity index (χ0) is 15.1. The first kappa shape index (κ1) is 15.6.